The number of carbonyl (C=O) groups is 1. The van der Waals surface area contributed by atoms with Crippen molar-refractivity contribution in [3.63, 3.8) is 0 Å². The topological polar surface area (TPSA) is 59.4 Å². The summed E-state index contributed by atoms with van der Waals surface area (Å²) in [6, 6.07) is 13.6. The third-order valence-electron chi connectivity index (χ3n) is 6.86. The number of ether oxygens (including phenoxy) is 1. The standard InChI is InChI=1S/C27H24ClFN4O2/c28-21-6-10-23(11-7-21)33-26-20(12-17-4-8-22(29)9-5-17)15-35-16-24(26)25(30-33)27(34)31-32-13-18-2-1-3-19(18)14-32/h1-2,4-12,18-19H,3,13-16H2,(H,31,34)/b20-12+. The highest BCUT2D eigenvalue weighted by atomic mass is 35.5. The molecule has 2 aromatic carbocycles. The van der Waals surface area contributed by atoms with E-state index in [0.29, 0.717) is 29.2 Å². The molecule has 178 valence electrons. The van der Waals surface area contributed by atoms with Gasteiger partial charge in [0.2, 0.25) is 0 Å². The summed E-state index contributed by atoms with van der Waals surface area (Å²) in [6.45, 7) is 2.27. The summed E-state index contributed by atoms with van der Waals surface area (Å²) >= 11 is 6.12. The number of rotatable bonds is 4. The molecule has 8 heteroatoms. The number of fused-ring (bicyclic) bond motifs is 2. The Balaban J connectivity index is 1.39. The molecule has 1 amide bonds. The number of benzene rings is 2. The molecule has 2 unspecified atom stereocenters. The average molecular weight is 491 g/mol. The van der Waals surface area contributed by atoms with Crippen LogP contribution in [-0.2, 0) is 11.3 Å². The number of aromatic nitrogens is 2. The van der Waals surface area contributed by atoms with Gasteiger partial charge in [0, 0.05) is 29.2 Å². The SMILES string of the molecule is O=C(NN1CC2C=CCC2C1)c1nn(-c2ccc(Cl)cc2)c2c1COC/C2=C\c1ccc(F)cc1. The number of hydrazine groups is 1. The Labute approximate surface area is 207 Å². The molecule has 0 spiro atoms. The number of hydrogen-bond donors (Lipinski definition) is 1. The Hall–Kier alpha value is -3.26. The third-order valence-corrected chi connectivity index (χ3v) is 7.11. The molecule has 2 atom stereocenters. The maximum atomic E-state index is 13.4. The van der Waals surface area contributed by atoms with Crippen LogP contribution in [0, 0.1) is 17.7 Å². The van der Waals surface area contributed by atoms with E-state index in [4.69, 9.17) is 21.4 Å². The Morgan fingerprint density at radius 2 is 1.91 bits per heavy atom. The summed E-state index contributed by atoms with van der Waals surface area (Å²) in [6.07, 6.45) is 7.48. The van der Waals surface area contributed by atoms with Crippen LogP contribution in [0.15, 0.2) is 60.7 Å². The lowest BCUT2D eigenvalue weighted by molar-refractivity contribution is 0.0805. The molecule has 0 bridgehead atoms. The summed E-state index contributed by atoms with van der Waals surface area (Å²) in [5.74, 6) is 0.512. The van der Waals surface area contributed by atoms with Gasteiger partial charge in [0.15, 0.2) is 5.69 Å². The van der Waals surface area contributed by atoms with Crippen molar-refractivity contribution in [2.75, 3.05) is 19.7 Å². The fourth-order valence-corrected chi connectivity index (χ4v) is 5.28. The molecular formula is C27H24ClFN4O2. The number of nitrogens with one attached hydrogen (secondary N) is 1. The Morgan fingerprint density at radius 1 is 1.11 bits per heavy atom. The summed E-state index contributed by atoms with van der Waals surface area (Å²) in [5, 5.41) is 7.36. The second-order valence-electron chi connectivity index (χ2n) is 9.21. The van der Waals surface area contributed by atoms with E-state index < -0.39 is 0 Å². The second-order valence-corrected chi connectivity index (χ2v) is 9.65. The number of hydrogen-bond acceptors (Lipinski definition) is 4. The summed E-state index contributed by atoms with van der Waals surface area (Å²) < 4.78 is 21.1. The first-order valence-electron chi connectivity index (χ1n) is 11.7. The predicted octanol–water partition coefficient (Wildman–Crippen LogP) is 4.89. The van der Waals surface area contributed by atoms with E-state index in [0.717, 1.165) is 47.6 Å². The highest BCUT2D eigenvalue weighted by Gasteiger charge is 2.35. The van der Waals surface area contributed by atoms with Crippen molar-refractivity contribution in [3.8, 4) is 5.69 Å². The molecular weight excluding hydrogens is 467 g/mol. The molecule has 1 saturated heterocycles. The molecule has 6 rings (SSSR count). The summed E-state index contributed by atoms with van der Waals surface area (Å²) in [4.78, 5) is 13.4. The van der Waals surface area contributed by atoms with E-state index in [1.807, 2.05) is 23.2 Å². The minimum absolute atomic E-state index is 0.246. The molecule has 3 heterocycles. The Kier molecular flexibility index (Phi) is 5.76. The van der Waals surface area contributed by atoms with Crippen molar-refractivity contribution in [1.82, 2.24) is 20.2 Å². The lowest BCUT2D eigenvalue weighted by atomic mass is 10.0. The van der Waals surface area contributed by atoms with Gasteiger partial charge in [-0.05, 0) is 66.3 Å². The molecule has 35 heavy (non-hydrogen) atoms. The minimum atomic E-state index is -0.292. The fraction of sp³-hybridized carbons (Fsp3) is 0.259. The van der Waals surface area contributed by atoms with Gasteiger partial charge in [0.25, 0.3) is 5.91 Å². The molecule has 2 aliphatic heterocycles. The second kappa shape index (κ2) is 9.07. The number of halogens is 2. The van der Waals surface area contributed by atoms with E-state index in [1.165, 1.54) is 12.1 Å². The van der Waals surface area contributed by atoms with Crippen molar-refractivity contribution in [2.24, 2.45) is 11.8 Å². The van der Waals surface area contributed by atoms with Crippen LogP contribution in [0.1, 0.15) is 33.7 Å². The van der Waals surface area contributed by atoms with Crippen LogP contribution >= 0.6 is 11.6 Å². The molecule has 1 N–H and O–H groups in total. The normalized spacial score (nSPS) is 22.4. The van der Waals surface area contributed by atoms with Gasteiger partial charge >= 0.3 is 0 Å². The quantitative estimate of drug-likeness (QED) is 0.529. The van der Waals surface area contributed by atoms with Crippen LogP contribution in [-0.4, -0.2) is 40.4 Å². The van der Waals surface area contributed by atoms with Crippen LogP contribution in [0.3, 0.4) is 0 Å². The van der Waals surface area contributed by atoms with Crippen molar-refractivity contribution >= 4 is 29.2 Å². The smallest absolute Gasteiger partial charge is 0.286 e. The Morgan fingerprint density at radius 3 is 2.69 bits per heavy atom. The van der Waals surface area contributed by atoms with Crippen LogP contribution < -0.4 is 5.43 Å². The van der Waals surface area contributed by atoms with E-state index in [1.54, 1.807) is 28.9 Å². The van der Waals surface area contributed by atoms with Crippen LogP contribution in [0.5, 0.6) is 0 Å². The molecule has 1 fully saturated rings. The van der Waals surface area contributed by atoms with Crippen molar-refractivity contribution < 1.29 is 13.9 Å². The van der Waals surface area contributed by atoms with Gasteiger partial charge in [-0.3, -0.25) is 10.2 Å². The van der Waals surface area contributed by atoms with Crippen LogP contribution in [0.4, 0.5) is 4.39 Å². The van der Waals surface area contributed by atoms with Gasteiger partial charge in [0.1, 0.15) is 5.82 Å². The van der Waals surface area contributed by atoms with Crippen molar-refractivity contribution in [2.45, 2.75) is 13.0 Å². The Bertz CT molecular complexity index is 1330. The number of carbonyl (C=O) groups excluding carboxylic acids is 1. The summed E-state index contributed by atoms with van der Waals surface area (Å²) in [5.41, 5.74) is 7.44. The monoisotopic (exact) mass is 490 g/mol. The average Bonchev–Trinajstić information content (AvgIpc) is 3.55. The lowest BCUT2D eigenvalue weighted by Crippen LogP contribution is -2.41. The maximum Gasteiger partial charge on any atom is 0.286 e. The van der Waals surface area contributed by atoms with Crippen molar-refractivity contribution in [1.29, 1.82) is 0 Å². The highest BCUT2D eigenvalue weighted by Crippen LogP contribution is 2.34. The zero-order chi connectivity index (χ0) is 23.9. The molecule has 1 aliphatic carbocycles. The predicted molar refractivity (Wildman–Crippen MR) is 132 cm³/mol. The van der Waals surface area contributed by atoms with E-state index in [2.05, 4.69) is 17.6 Å². The zero-order valence-electron chi connectivity index (χ0n) is 19.0. The van der Waals surface area contributed by atoms with Gasteiger partial charge < -0.3 is 4.74 Å². The van der Waals surface area contributed by atoms with E-state index in [9.17, 15) is 9.18 Å². The first kappa shape index (κ1) is 22.2. The minimum Gasteiger partial charge on any atom is -0.372 e. The van der Waals surface area contributed by atoms with E-state index in [-0.39, 0.29) is 18.3 Å². The molecule has 1 aromatic heterocycles. The fourth-order valence-electron chi connectivity index (χ4n) is 5.15. The maximum absolute atomic E-state index is 13.4. The highest BCUT2D eigenvalue weighted by molar-refractivity contribution is 6.30. The zero-order valence-corrected chi connectivity index (χ0v) is 19.7. The molecule has 0 radical (unpaired) electrons. The first-order chi connectivity index (χ1) is 17.0. The van der Waals surface area contributed by atoms with Gasteiger partial charge in [-0.1, -0.05) is 35.9 Å². The van der Waals surface area contributed by atoms with E-state index >= 15 is 0 Å². The summed E-state index contributed by atoms with van der Waals surface area (Å²) in [7, 11) is 0. The molecule has 6 nitrogen and oxygen atoms in total. The number of nitrogens with zero attached hydrogens (tertiary/aromatic N) is 3. The number of amides is 1. The lowest BCUT2D eigenvalue weighted by Gasteiger charge is -2.20. The van der Waals surface area contributed by atoms with Gasteiger partial charge in [-0.15, -0.1) is 0 Å². The van der Waals surface area contributed by atoms with Crippen LogP contribution in [0.25, 0.3) is 17.3 Å². The third kappa shape index (κ3) is 4.31. The van der Waals surface area contributed by atoms with Gasteiger partial charge in [0.05, 0.1) is 24.6 Å². The first-order valence-corrected chi connectivity index (χ1v) is 12.1. The van der Waals surface area contributed by atoms with Crippen LogP contribution in [0.2, 0.25) is 5.02 Å². The van der Waals surface area contributed by atoms with Gasteiger partial charge in [-0.25, -0.2) is 14.1 Å². The molecule has 3 aliphatic rings. The number of allylic oxidation sites excluding steroid dienone is 1. The van der Waals surface area contributed by atoms with Gasteiger partial charge in [-0.2, -0.15) is 5.10 Å². The molecule has 3 aromatic rings. The molecule has 0 saturated carbocycles. The largest absolute Gasteiger partial charge is 0.372 e. The van der Waals surface area contributed by atoms with Crippen molar-refractivity contribution in [3.05, 3.63) is 94.0 Å².